The summed E-state index contributed by atoms with van der Waals surface area (Å²) in [5.41, 5.74) is 4.32. The predicted molar refractivity (Wildman–Crippen MR) is 83.3 cm³/mol. The molecule has 1 heteroatoms. The minimum atomic E-state index is 0.550. The second-order valence-corrected chi connectivity index (χ2v) is 6.26. The summed E-state index contributed by atoms with van der Waals surface area (Å²) in [5, 5.41) is 0. The van der Waals surface area contributed by atoms with Crippen LogP contribution in [0.4, 0.5) is 0 Å². The van der Waals surface area contributed by atoms with Crippen LogP contribution < -0.4 is 0 Å². The molecule has 0 nitrogen and oxygen atoms in total. The van der Waals surface area contributed by atoms with Crippen molar-refractivity contribution >= 4 is 15.9 Å². The molecular weight excluding hydrogens is 284 g/mol. The zero-order valence-corrected chi connectivity index (χ0v) is 12.6. The summed E-state index contributed by atoms with van der Waals surface area (Å²) >= 11 is 3.60. The van der Waals surface area contributed by atoms with E-state index in [4.69, 9.17) is 0 Å². The molecule has 1 aliphatic rings. The Balaban J connectivity index is 1.67. The van der Waals surface area contributed by atoms with Crippen LogP contribution in [0.15, 0.2) is 48.1 Å². The molecule has 0 radical (unpaired) electrons. The van der Waals surface area contributed by atoms with Crippen molar-refractivity contribution in [3.8, 4) is 0 Å². The predicted octanol–water partition coefficient (Wildman–Crippen LogP) is 5.36. The van der Waals surface area contributed by atoms with Gasteiger partial charge in [0.25, 0.3) is 0 Å². The number of hydrogen-bond acceptors (Lipinski definition) is 0. The van der Waals surface area contributed by atoms with Crippen LogP contribution in [0.25, 0.3) is 0 Å². The van der Waals surface area contributed by atoms with Gasteiger partial charge in [0.05, 0.1) is 0 Å². The summed E-state index contributed by atoms with van der Waals surface area (Å²) < 4.78 is 0. The van der Waals surface area contributed by atoms with Gasteiger partial charge < -0.3 is 0 Å². The van der Waals surface area contributed by atoms with Crippen LogP contribution in [0.5, 0.6) is 0 Å². The molecule has 0 saturated carbocycles. The summed E-state index contributed by atoms with van der Waals surface area (Å²) in [6, 6.07) is 8.92. The van der Waals surface area contributed by atoms with E-state index in [-0.39, 0.29) is 0 Å². The lowest BCUT2D eigenvalue weighted by Gasteiger charge is -2.10. The van der Waals surface area contributed by atoms with E-state index in [0.717, 1.165) is 6.42 Å². The smallest absolute Gasteiger partial charge is 0.0363 e. The SMILES string of the molecule is Cc1ccc(CCCCC2=CCC(Br)C=C2)cc1. The Morgan fingerprint density at radius 2 is 1.83 bits per heavy atom. The third-order valence-electron chi connectivity index (χ3n) is 3.43. The zero-order chi connectivity index (χ0) is 12.8. The second-order valence-electron chi connectivity index (χ2n) is 5.08. The van der Waals surface area contributed by atoms with Crippen LogP contribution in [-0.2, 0) is 6.42 Å². The van der Waals surface area contributed by atoms with Gasteiger partial charge in [-0.2, -0.15) is 0 Å². The first kappa shape index (κ1) is 13.6. The highest BCUT2D eigenvalue weighted by molar-refractivity contribution is 9.09. The normalized spacial score (nSPS) is 18.8. The first-order chi connectivity index (χ1) is 8.74. The van der Waals surface area contributed by atoms with Crippen LogP contribution in [-0.4, -0.2) is 4.83 Å². The Bertz CT molecular complexity index is 425. The third kappa shape index (κ3) is 4.45. The number of halogens is 1. The maximum absolute atomic E-state index is 3.60. The van der Waals surface area contributed by atoms with Gasteiger partial charge in [-0.05, 0) is 44.6 Å². The number of rotatable bonds is 5. The van der Waals surface area contributed by atoms with Crippen LogP contribution in [0.1, 0.15) is 36.8 Å². The van der Waals surface area contributed by atoms with Crippen molar-refractivity contribution < 1.29 is 0 Å². The van der Waals surface area contributed by atoms with Gasteiger partial charge in [-0.25, -0.2) is 0 Å². The summed E-state index contributed by atoms with van der Waals surface area (Å²) in [6.07, 6.45) is 13.0. The van der Waals surface area contributed by atoms with E-state index in [0.29, 0.717) is 4.83 Å². The van der Waals surface area contributed by atoms with Gasteiger partial charge in [0.2, 0.25) is 0 Å². The highest BCUT2D eigenvalue weighted by atomic mass is 79.9. The summed E-state index contributed by atoms with van der Waals surface area (Å²) in [5.74, 6) is 0. The maximum atomic E-state index is 3.60. The molecule has 1 unspecified atom stereocenters. The van der Waals surface area contributed by atoms with Crippen LogP contribution in [0.2, 0.25) is 0 Å². The molecule has 1 atom stereocenters. The fourth-order valence-corrected chi connectivity index (χ4v) is 2.58. The minimum absolute atomic E-state index is 0.550. The zero-order valence-electron chi connectivity index (χ0n) is 11.0. The van der Waals surface area contributed by atoms with Gasteiger partial charge in [-0.15, -0.1) is 0 Å². The second kappa shape index (κ2) is 6.94. The standard InChI is InChI=1S/C17H21Br/c1-14-6-8-15(9-7-14)4-2-3-5-16-10-12-17(18)13-11-16/h6-12,17H,2-5,13H2,1H3. The first-order valence-electron chi connectivity index (χ1n) is 6.81. The molecule has 0 fully saturated rings. The van der Waals surface area contributed by atoms with Crippen molar-refractivity contribution in [2.75, 3.05) is 0 Å². The van der Waals surface area contributed by atoms with Gasteiger partial charge in [-0.3, -0.25) is 0 Å². The van der Waals surface area contributed by atoms with Crippen molar-refractivity contribution in [2.45, 2.75) is 43.9 Å². The number of hydrogen-bond donors (Lipinski definition) is 0. The molecule has 1 aliphatic carbocycles. The Morgan fingerprint density at radius 1 is 1.11 bits per heavy atom. The summed E-state index contributed by atoms with van der Waals surface area (Å²) in [6.45, 7) is 2.14. The Labute approximate surface area is 119 Å². The van der Waals surface area contributed by atoms with E-state index >= 15 is 0 Å². The van der Waals surface area contributed by atoms with Crippen LogP contribution in [0, 0.1) is 6.92 Å². The highest BCUT2D eigenvalue weighted by Crippen LogP contribution is 2.20. The molecule has 18 heavy (non-hydrogen) atoms. The fourth-order valence-electron chi connectivity index (χ4n) is 2.24. The number of unbranched alkanes of at least 4 members (excludes halogenated alkanes) is 1. The molecule has 96 valence electrons. The van der Waals surface area contributed by atoms with Crippen molar-refractivity contribution in [2.24, 2.45) is 0 Å². The summed E-state index contributed by atoms with van der Waals surface area (Å²) in [7, 11) is 0. The molecule has 0 aromatic heterocycles. The van der Waals surface area contributed by atoms with E-state index in [1.807, 2.05) is 0 Å². The molecule has 0 spiro atoms. The van der Waals surface area contributed by atoms with Gasteiger partial charge >= 0.3 is 0 Å². The number of benzene rings is 1. The molecule has 0 amide bonds. The summed E-state index contributed by atoms with van der Waals surface area (Å²) in [4.78, 5) is 0.550. The van der Waals surface area contributed by atoms with Gasteiger partial charge in [0, 0.05) is 4.83 Å². The fraction of sp³-hybridized carbons (Fsp3) is 0.412. The molecule has 0 heterocycles. The van der Waals surface area contributed by atoms with E-state index < -0.39 is 0 Å². The monoisotopic (exact) mass is 304 g/mol. The van der Waals surface area contributed by atoms with Gasteiger partial charge in [-0.1, -0.05) is 69.6 Å². The first-order valence-corrected chi connectivity index (χ1v) is 7.72. The van der Waals surface area contributed by atoms with E-state index in [1.165, 1.54) is 42.4 Å². The lowest BCUT2D eigenvalue weighted by molar-refractivity contribution is 0.732. The van der Waals surface area contributed by atoms with Gasteiger partial charge in [0.15, 0.2) is 0 Å². The van der Waals surface area contributed by atoms with E-state index in [2.05, 4.69) is 65.3 Å². The molecule has 0 saturated heterocycles. The van der Waals surface area contributed by atoms with Crippen molar-refractivity contribution in [3.05, 3.63) is 59.2 Å². The van der Waals surface area contributed by atoms with Gasteiger partial charge in [0.1, 0.15) is 0 Å². The van der Waals surface area contributed by atoms with Crippen LogP contribution in [0.3, 0.4) is 0 Å². The van der Waals surface area contributed by atoms with Crippen molar-refractivity contribution in [1.29, 1.82) is 0 Å². The average Bonchev–Trinajstić information content (AvgIpc) is 2.39. The van der Waals surface area contributed by atoms with Crippen LogP contribution >= 0.6 is 15.9 Å². The molecule has 2 rings (SSSR count). The topological polar surface area (TPSA) is 0 Å². The molecule has 0 N–H and O–H groups in total. The molecular formula is C17H21Br. The van der Waals surface area contributed by atoms with Crippen molar-refractivity contribution in [3.63, 3.8) is 0 Å². The Kier molecular flexibility index (Phi) is 5.25. The largest absolute Gasteiger partial charge is 0.0842 e. The van der Waals surface area contributed by atoms with E-state index in [9.17, 15) is 0 Å². The lowest BCUT2D eigenvalue weighted by atomic mass is 9.99. The number of aryl methyl sites for hydroxylation is 2. The minimum Gasteiger partial charge on any atom is -0.0842 e. The maximum Gasteiger partial charge on any atom is 0.0363 e. The molecule has 1 aromatic rings. The third-order valence-corrected chi connectivity index (χ3v) is 4.10. The Morgan fingerprint density at radius 3 is 2.50 bits per heavy atom. The number of alkyl halides is 1. The number of allylic oxidation sites excluding steroid dienone is 4. The highest BCUT2D eigenvalue weighted by Gasteiger charge is 2.04. The molecule has 0 aliphatic heterocycles. The van der Waals surface area contributed by atoms with Crippen molar-refractivity contribution in [1.82, 2.24) is 0 Å². The lowest BCUT2D eigenvalue weighted by Crippen LogP contribution is -1.97. The molecule has 1 aromatic carbocycles. The van der Waals surface area contributed by atoms with E-state index in [1.54, 1.807) is 0 Å². The quantitative estimate of drug-likeness (QED) is 0.507. The Hall–Kier alpha value is -0.820. The average molecular weight is 305 g/mol. The molecule has 0 bridgehead atoms.